The van der Waals surface area contributed by atoms with Crippen molar-refractivity contribution in [1.29, 1.82) is 0 Å². The van der Waals surface area contributed by atoms with E-state index in [4.69, 9.17) is 14.2 Å². The Morgan fingerprint density at radius 3 is 1.71 bits per heavy atom. The molecule has 0 aromatic heterocycles. The third-order valence-corrected chi connectivity index (χ3v) is 4.07. The summed E-state index contributed by atoms with van der Waals surface area (Å²) in [4.78, 5) is 0. The number of hydrogen-bond donors (Lipinski definition) is 0. The van der Waals surface area contributed by atoms with E-state index in [0.29, 0.717) is 19.8 Å². The zero-order valence-electron chi connectivity index (χ0n) is 14.0. The van der Waals surface area contributed by atoms with Gasteiger partial charge in [0, 0.05) is 6.61 Å². The Morgan fingerprint density at radius 2 is 1.17 bits per heavy atom. The molecule has 0 heterocycles. The van der Waals surface area contributed by atoms with Crippen LogP contribution in [0.2, 0.25) is 0 Å². The lowest BCUT2D eigenvalue weighted by Crippen LogP contribution is -2.36. The molecule has 0 unspecified atom stereocenters. The van der Waals surface area contributed by atoms with Crippen LogP contribution in [0.3, 0.4) is 0 Å². The minimum atomic E-state index is -0.117. The van der Waals surface area contributed by atoms with Crippen LogP contribution in [0.25, 0.3) is 0 Å². The van der Waals surface area contributed by atoms with Crippen molar-refractivity contribution in [1.82, 2.24) is 0 Å². The Hall–Kier alpha value is -1.94. The summed E-state index contributed by atoms with van der Waals surface area (Å²) in [5.74, 6) is 0. The largest absolute Gasteiger partial charge is 0.372 e. The van der Waals surface area contributed by atoms with Crippen LogP contribution in [0.5, 0.6) is 0 Å². The highest BCUT2D eigenvalue weighted by molar-refractivity contribution is 5.16. The van der Waals surface area contributed by atoms with E-state index in [1.54, 1.807) is 0 Å². The Kier molecular flexibility index (Phi) is 6.19. The molecule has 24 heavy (non-hydrogen) atoms. The smallest absolute Gasteiger partial charge is 0.117 e. The van der Waals surface area contributed by atoms with Crippen molar-refractivity contribution >= 4 is 0 Å². The molecule has 0 radical (unpaired) electrons. The third kappa shape index (κ3) is 4.54. The molecule has 0 N–H and O–H groups in total. The average Bonchev–Trinajstić information content (AvgIpc) is 3.02. The molecule has 0 saturated heterocycles. The highest BCUT2D eigenvalue weighted by Crippen LogP contribution is 2.24. The van der Waals surface area contributed by atoms with Gasteiger partial charge < -0.3 is 14.2 Å². The van der Waals surface area contributed by atoms with E-state index in [1.807, 2.05) is 43.3 Å². The van der Waals surface area contributed by atoms with Crippen LogP contribution in [-0.4, -0.2) is 24.9 Å². The summed E-state index contributed by atoms with van der Waals surface area (Å²) < 4.78 is 18.0. The van der Waals surface area contributed by atoms with Crippen LogP contribution < -0.4 is 0 Å². The minimum absolute atomic E-state index is 0.0560. The molecule has 0 saturated carbocycles. The summed E-state index contributed by atoms with van der Waals surface area (Å²) in [6, 6.07) is 20.4. The molecule has 3 atom stereocenters. The van der Waals surface area contributed by atoms with Crippen LogP contribution in [0, 0.1) is 0 Å². The highest BCUT2D eigenvalue weighted by Gasteiger charge is 2.34. The van der Waals surface area contributed by atoms with E-state index < -0.39 is 0 Å². The fourth-order valence-electron chi connectivity index (χ4n) is 2.84. The molecule has 2 aromatic rings. The van der Waals surface area contributed by atoms with Gasteiger partial charge in [-0.2, -0.15) is 0 Å². The third-order valence-electron chi connectivity index (χ3n) is 4.07. The van der Waals surface area contributed by atoms with Crippen molar-refractivity contribution in [2.45, 2.75) is 38.4 Å². The molecule has 1 aliphatic carbocycles. The Labute approximate surface area is 143 Å². The summed E-state index contributed by atoms with van der Waals surface area (Å²) >= 11 is 0. The number of hydrogen-bond acceptors (Lipinski definition) is 3. The molecule has 0 fully saturated rings. The summed E-state index contributed by atoms with van der Waals surface area (Å²) in [5.41, 5.74) is 2.31. The minimum Gasteiger partial charge on any atom is -0.372 e. The summed E-state index contributed by atoms with van der Waals surface area (Å²) in [7, 11) is 0. The molecule has 1 aliphatic rings. The van der Waals surface area contributed by atoms with E-state index >= 15 is 0 Å². The normalized spacial score (nSPS) is 22.8. The van der Waals surface area contributed by atoms with Crippen molar-refractivity contribution < 1.29 is 14.2 Å². The topological polar surface area (TPSA) is 27.7 Å². The first kappa shape index (κ1) is 16.9. The maximum absolute atomic E-state index is 6.14. The van der Waals surface area contributed by atoms with Gasteiger partial charge in [0.15, 0.2) is 0 Å². The molecule has 0 amide bonds. The van der Waals surface area contributed by atoms with Crippen molar-refractivity contribution in [3.05, 3.63) is 83.9 Å². The second-order valence-corrected chi connectivity index (χ2v) is 5.83. The molecular formula is C21H24O3. The number of ether oxygens (including phenoxy) is 3. The molecule has 0 spiro atoms. The van der Waals surface area contributed by atoms with Gasteiger partial charge in [-0.1, -0.05) is 72.8 Å². The Balaban J connectivity index is 1.60. The second-order valence-electron chi connectivity index (χ2n) is 5.83. The molecule has 3 nitrogen and oxygen atoms in total. The first-order chi connectivity index (χ1) is 11.9. The predicted octanol–water partition coefficient (Wildman–Crippen LogP) is 4.13. The van der Waals surface area contributed by atoms with Crippen LogP contribution in [0.4, 0.5) is 0 Å². The first-order valence-corrected chi connectivity index (χ1v) is 8.48. The lowest BCUT2D eigenvalue weighted by Gasteiger charge is -2.25. The van der Waals surface area contributed by atoms with Gasteiger partial charge in [-0.25, -0.2) is 0 Å². The van der Waals surface area contributed by atoms with E-state index in [9.17, 15) is 0 Å². The lowest BCUT2D eigenvalue weighted by atomic mass is 10.2. The van der Waals surface area contributed by atoms with Gasteiger partial charge in [0.25, 0.3) is 0 Å². The quantitative estimate of drug-likeness (QED) is 0.683. The maximum Gasteiger partial charge on any atom is 0.117 e. The monoisotopic (exact) mass is 324 g/mol. The van der Waals surface area contributed by atoms with Crippen molar-refractivity contribution in [3.63, 3.8) is 0 Å². The fourth-order valence-corrected chi connectivity index (χ4v) is 2.84. The average molecular weight is 324 g/mol. The second kappa shape index (κ2) is 8.78. The van der Waals surface area contributed by atoms with E-state index in [1.165, 1.54) is 0 Å². The Morgan fingerprint density at radius 1 is 0.667 bits per heavy atom. The molecule has 126 valence electrons. The zero-order valence-corrected chi connectivity index (χ0v) is 14.0. The molecule has 2 aromatic carbocycles. The van der Waals surface area contributed by atoms with E-state index in [2.05, 4.69) is 36.4 Å². The van der Waals surface area contributed by atoms with E-state index in [-0.39, 0.29) is 18.3 Å². The van der Waals surface area contributed by atoms with Gasteiger partial charge in [0.2, 0.25) is 0 Å². The summed E-state index contributed by atoms with van der Waals surface area (Å²) in [6.45, 7) is 3.79. The predicted molar refractivity (Wildman–Crippen MR) is 94.6 cm³/mol. The van der Waals surface area contributed by atoms with Crippen molar-refractivity contribution in [3.8, 4) is 0 Å². The van der Waals surface area contributed by atoms with Crippen LogP contribution in [0.1, 0.15) is 18.1 Å². The van der Waals surface area contributed by atoms with Gasteiger partial charge in [0.1, 0.15) is 18.3 Å². The number of rotatable bonds is 8. The Bertz CT molecular complexity index is 624. The van der Waals surface area contributed by atoms with Gasteiger partial charge in [0.05, 0.1) is 13.2 Å². The molecule has 3 heteroatoms. The van der Waals surface area contributed by atoms with Crippen LogP contribution in [0.15, 0.2) is 72.8 Å². The van der Waals surface area contributed by atoms with Gasteiger partial charge in [-0.15, -0.1) is 0 Å². The highest BCUT2D eigenvalue weighted by atomic mass is 16.6. The summed E-state index contributed by atoms with van der Waals surface area (Å²) in [6.07, 6.45) is 3.84. The van der Waals surface area contributed by atoms with Crippen molar-refractivity contribution in [2.24, 2.45) is 0 Å². The molecule has 3 rings (SSSR count). The fraction of sp³-hybridized carbons (Fsp3) is 0.333. The van der Waals surface area contributed by atoms with Crippen LogP contribution in [-0.2, 0) is 27.4 Å². The standard InChI is InChI=1S/C21H24O3/c1-2-22-19-13-14-20(23-15-17-9-5-3-6-10-17)21(19)24-16-18-11-7-4-8-12-18/h3-14,19-21H,2,15-16H2,1H3/t19-,20-,21+/m1/s1. The number of benzene rings is 2. The molecule has 0 aliphatic heterocycles. The molecule has 0 bridgehead atoms. The van der Waals surface area contributed by atoms with Gasteiger partial charge in [-0.05, 0) is 18.1 Å². The zero-order chi connectivity index (χ0) is 16.6. The SMILES string of the molecule is CCO[C@@H]1C=C[C@@H](OCc2ccccc2)[C@H]1OCc1ccccc1. The lowest BCUT2D eigenvalue weighted by molar-refractivity contribution is -0.109. The first-order valence-electron chi connectivity index (χ1n) is 8.48. The van der Waals surface area contributed by atoms with Gasteiger partial charge >= 0.3 is 0 Å². The maximum atomic E-state index is 6.14. The summed E-state index contributed by atoms with van der Waals surface area (Å²) in [5, 5.41) is 0. The van der Waals surface area contributed by atoms with Crippen molar-refractivity contribution in [2.75, 3.05) is 6.61 Å². The molecular weight excluding hydrogens is 300 g/mol. The van der Waals surface area contributed by atoms with Crippen LogP contribution >= 0.6 is 0 Å². The van der Waals surface area contributed by atoms with E-state index in [0.717, 1.165) is 11.1 Å². The van der Waals surface area contributed by atoms with Gasteiger partial charge in [-0.3, -0.25) is 0 Å².